The smallest absolute Gasteiger partial charge is 0.317 e. The number of carboxylic acids is 1. The maximum Gasteiger partial charge on any atom is 0.317 e. The fourth-order valence-electron chi connectivity index (χ4n) is 2.33. The van der Waals surface area contributed by atoms with Gasteiger partial charge >= 0.3 is 5.97 Å². The Morgan fingerprint density at radius 1 is 1.38 bits per heavy atom. The molecule has 0 unspecified atom stereocenters. The molecule has 0 aliphatic carbocycles. The van der Waals surface area contributed by atoms with Crippen LogP contribution in [0.25, 0.3) is 0 Å². The number of imidazole rings is 1. The lowest BCUT2D eigenvalue weighted by Crippen LogP contribution is -2.36. The van der Waals surface area contributed by atoms with Gasteiger partial charge in [0.15, 0.2) is 5.03 Å². The second kappa shape index (κ2) is 6.54. The Kier molecular flexibility index (Phi) is 4.96. The minimum Gasteiger partial charge on any atom is -0.480 e. The SMILES string of the molecule is CCc1ncc(S(=O)(=O)N2CCCN(CC(=O)O)CC2)[nH]1. The van der Waals surface area contributed by atoms with Crippen molar-refractivity contribution in [3.63, 3.8) is 0 Å². The molecule has 2 rings (SSSR count). The number of aliphatic carboxylic acids is 1. The van der Waals surface area contributed by atoms with Crippen LogP contribution in [0.4, 0.5) is 0 Å². The summed E-state index contributed by atoms with van der Waals surface area (Å²) >= 11 is 0. The van der Waals surface area contributed by atoms with Crippen LogP contribution >= 0.6 is 0 Å². The highest BCUT2D eigenvalue weighted by atomic mass is 32.2. The first-order chi connectivity index (χ1) is 9.93. The van der Waals surface area contributed by atoms with Gasteiger partial charge in [-0.1, -0.05) is 6.92 Å². The molecule has 2 heterocycles. The van der Waals surface area contributed by atoms with Crippen molar-refractivity contribution in [1.82, 2.24) is 19.2 Å². The Hall–Kier alpha value is -1.45. The number of carboxylic acid groups (broad SMARTS) is 1. The minimum atomic E-state index is -3.59. The van der Waals surface area contributed by atoms with Gasteiger partial charge in [-0.05, 0) is 6.42 Å². The van der Waals surface area contributed by atoms with Gasteiger partial charge in [0.05, 0.1) is 12.7 Å². The van der Waals surface area contributed by atoms with E-state index in [0.29, 0.717) is 38.3 Å². The number of nitrogens with one attached hydrogen (secondary N) is 1. The first kappa shape index (κ1) is 15.9. The maximum atomic E-state index is 12.5. The van der Waals surface area contributed by atoms with Gasteiger partial charge in [0.2, 0.25) is 0 Å². The van der Waals surface area contributed by atoms with Crippen LogP contribution < -0.4 is 0 Å². The van der Waals surface area contributed by atoms with Crippen LogP contribution in [0.15, 0.2) is 11.2 Å². The molecule has 2 N–H and O–H groups in total. The molecule has 8 nitrogen and oxygen atoms in total. The van der Waals surface area contributed by atoms with Crippen molar-refractivity contribution in [2.24, 2.45) is 0 Å². The molecule has 118 valence electrons. The zero-order valence-corrected chi connectivity index (χ0v) is 12.8. The summed E-state index contributed by atoms with van der Waals surface area (Å²) in [4.78, 5) is 19.3. The highest BCUT2D eigenvalue weighted by Gasteiger charge is 2.28. The fraction of sp³-hybridized carbons (Fsp3) is 0.667. The standard InChI is InChI=1S/C12H20N4O4S/c1-2-10-13-8-11(14-10)21(19,20)16-5-3-4-15(6-7-16)9-12(17)18/h8H,2-7,9H2,1H3,(H,13,14)(H,17,18). The summed E-state index contributed by atoms with van der Waals surface area (Å²) in [7, 11) is -3.59. The maximum absolute atomic E-state index is 12.5. The van der Waals surface area contributed by atoms with Crippen molar-refractivity contribution in [2.75, 3.05) is 32.7 Å². The Morgan fingerprint density at radius 2 is 2.14 bits per heavy atom. The van der Waals surface area contributed by atoms with E-state index in [4.69, 9.17) is 5.11 Å². The van der Waals surface area contributed by atoms with E-state index in [1.54, 1.807) is 4.90 Å². The van der Waals surface area contributed by atoms with E-state index in [9.17, 15) is 13.2 Å². The molecule has 0 atom stereocenters. The van der Waals surface area contributed by atoms with Crippen molar-refractivity contribution in [2.45, 2.75) is 24.8 Å². The molecule has 1 aliphatic rings. The molecule has 0 spiro atoms. The number of carbonyl (C=O) groups is 1. The molecule has 1 fully saturated rings. The Morgan fingerprint density at radius 3 is 2.76 bits per heavy atom. The molecular weight excluding hydrogens is 296 g/mol. The van der Waals surface area contributed by atoms with Crippen LogP contribution in [-0.2, 0) is 21.2 Å². The molecular formula is C12H20N4O4S. The molecule has 0 saturated carbocycles. The summed E-state index contributed by atoms with van der Waals surface area (Å²) in [5, 5.41) is 8.91. The van der Waals surface area contributed by atoms with E-state index in [0.717, 1.165) is 0 Å². The molecule has 0 bridgehead atoms. The Balaban J connectivity index is 2.08. The van der Waals surface area contributed by atoms with E-state index in [2.05, 4.69) is 9.97 Å². The van der Waals surface area contributed by atoms with E-state index in [-0.39, 0.29) is 18.1 Å². The van der Waals surface area contributed by atoms with Crippen LogP contribution in [0.2, 0.25) is 0 Å². The molecule has 1 aliphatic heterocycles. The number of nitrogens with zero attached hydrogens (tertiary/aromatic N) is 3. The van der Waals surface area contributed by atoms with Gasteiger partial charge in [0.25, 0.3) is 10.0 Å². The monoisotopic (exact) mass is 316 g/mol. The fourth-order valence-corrected chi connectivity index (χ4v) is 3.73. The molecule has 0 aromatic carbocycles. The number of hydrogen-bond donors (Lipinski definition) is 2. The molecule has 9 heteroatoms. The summed E-state index contributed by atoms with van der Waals surface area (Å²) < 4.78 is 26.4. The van der Waals surface area contributed by atoms with Crippen molar-refractivity contribution in [3.05, 3.63) is 12.0 Å². The van der Waals surface area contributed by atoms with Gasteiger partial charge < -0.3 is 10.1 Å². The van der Waals surface area contributed by atoms with Gasteiger partial charge in [-0.25, -0.2) is 13.4 Å². The van der Waals surface area contributed by atoms with Crippen LogP contribution in [0, 0.1) is 0 Å². The zero-order valence-electron chi connectivity index (χ0n) is 11.9. The van der Waals surface area contributed by atoms with Gasteiger partial charge in [0, 0.05) is 32.6 Å². The first-order valence-electron chi connectivity index (χ1n) is 6.91. The highest BCUT2D eigenvalue weighted by Crippen LogP contribution is 2.16. The summed E-state index contributed by atoms with van der Waals surface area (Å²) in [6.07, 6.45) is 2.59. The summed E-state index contributed by atoms with van der Waals surface area (Å²) in [5.41, 5.74) is 0. The first-order valence-corrected chi connectivity index (χ1v) is 8.35. The zero-order chi connectivity index (χ0) is 15.5. The van der Waals surface area contributed by atoms with Crippen molar-refractivity contribution in [3.8, 4) is 0 Å². The predicted molar refractivity (Wildman–Crippen MR) is 75.4 cm³/mol. The van der Waals surface area contributed by atoms with Gasteiger partial charge in [-0.15, -0.1) is 0 Å². The number of hydrogen-bond acceptors (Lipinski definition) is 5. The number of aromatic nitrogens is 2. The second-order valence-corrected chi connectivity index (χ2v) is 6.88. The van der Waals surface area contributed by atoms with Crippen LogP contribution in [0.1, 0.15) is 19.2 Å². The molecule has 0 radical (unpaired) electrons. The number of aryl methyl sites for hydroxylation is 1. The lowest BCUT2D eigenvalue weighted by atomic mass is 10.4. The number of H-pyrrole nitrogens is 1. The lowest BCUT2D eigenvalue weighted by Gasteiger charge is -2.19. The van der Waals surface area contributed by atoms with Crippen LogP contribution in [0.3, 0.4) is 0 Å². The predicted octanol–water partition coefficient (Wildman–Crippen LogP) is -0.247. The van der Waals surface area contributed by atoms with Gasteiger partial charge in [0.1, 0.15) is 5.82 Å². The molecule has 1 saturated heterocycles. The van der Waals surface area contributed by atoms with Crippen molar-refractivity contribution >= 4 is 16.0 Å². The van der Waals surface area contributed by atoms with E-state index in [1.165, 1.54) is 10.5 Å². The second-order valence-electron chi connectivity index (χ2n) is 4.98. The topological polar surface area (TPSA) is 107 Å². The lowest BCUT2D eigenvalue weighted by molar-refractivity contribution is -0.138. The van der Waals surface area contributed by atoms with Crippen molar-refractivity contribution < 1.29 is 18.3 Å². The van der Waals surface area contributed by atoms with E-state index in [1.807, 2.05) is 6.92 Å². The average Bonchev–Trinajstić information content (AvgIpc) is 2.79. The third kappa shape index (κ3) is 3.80. The molecule has 0 amide bonds. The molecule has 1 aromatic heterocycles. The van der Waals surface area contributed by atoms with Gasteiger partial charge in [-0.3, -0.25) is 9.69 Å². The van der Waals surface area contributed by atoms with E-state index < -0.39 is 16.0 Å². The third-order valence-electron chi connectivity index (χ3n) is 3.46. The number of sulfonamides is 1. The quantitative estimate of drug-likeness (QED) is 0.776. The van der Waals surface area contributed by atoms with Crippen LogP contribution in [-0.4, -0.2) is 71.4 Å². The minimum absolute atomic E-state index is 0.0576. The summed E-state index contributed by atoms with van der Waals surface area (Å²) in [6, 6.07) is 0. The Bertz CT molecular complexity index is 598. The number of rotatable bonds is 5. The van der Waals surface area contributed by atoms with Crippen molar-refractivity contribution in [1.29, 1.82) is 0 Å². The summed E-state index contributed by atoms with van der Waals surface area (Å²) in [5.74, 6) is -0.261. The number of aromatic amines is 1. The Labute approximate surface area is 123 Å². The summed E-state index contributed by atoms with van der Waals surface area (Å²) in [6.45, 7) is 3.51. The molecule has 21 heavy (non-hydrogen) atoms. The highest BCUT2D eigenvalue weighted by molar-refractivity contribution is 7.89. The third-order valence-corrected chi connectivity index (χ3v) is 5.27. The van der Waals surface area contributed by atoms with E-state index >= 15 is 0 Å². The average molecular weight is 316 g/mol. The molecule has 1 aromatic rings. The van der Waals surface area contributed by atoms with Gasteiger partial charge in [-0.2, -0.15) is 4.31 Å². The largest absolute Gasteiger partial charge is 0.480 e. The van der Waals surface area contributed by atoms with Crippen LogP contribution in [0.5, 0.6) is 0 Å². The normalized spacial score (nSPS) is 18.5.